The summed E-state index contributed by atoms with van der Waals surface area (Å²) in [5.74, 6) is 0.954. The third-order valence-electron chi connectivity index (χ3n) is 5.82. The number of amides is 2. The first-order valence-electron chi connectivity index (χ1n) is 9.14. The summed E-state index contributed by atoms with van der Waals surface area (Å²) in [4.78, 5) is 25.1. The van der Waals surface area contributed by atoms with Gasteiger partial charge in [-0.15, -0.1) is 0 Å². The number of ether oxygens (including phenoxy) is 1. The summed E-state index contributed by atoms with van der Waals surface area (Å²) in [5.41, 5.74) is 0.858. The van der Waals surface area contributed by atoms with Gasteiger partial charge in [0, 0.05) is 29.1 Å². The molecule has 0 radical (unpaired) electrons. The van der Waals surface area contributed by atoms with Crippen molar-refractivity contribution < 1.29 is 14.3 Å². The van der Waals surface area contributed by atoms with Crippen LogP contribution in [-0.2, 0) is 9.59 Å². The number of fused-ring (bicyclic) bond motifs is 2. The lowest BCUT2D eigenvalue weighted by Gasteiger charge is -2.41. The summed E-state index contributed by atoms with van der Waals surface area (Å²) < 4.78 is 5.65. The van der Waals surface area contributed by atoms with Crippen LogP contribution in [0.2, 0.25) is 5.02 Å². The summed E-state index contributed by atoms with van der Waals surface area (Å²) in [7, 11) is 0. The predicted octanol–water partition coefficient (Wildman–Crippen LogP) is 2.63. The molecular formula is C19H23ClN2O3. The lowest BCUT2D eigenvalue weighted by Crippen LogP contribution is -2.58. The molecule has 1 aromatic carbocycles. The fourth-order valence-corrected chi connectivity index (χ4v) is 4.72. The van der Waals surface area contributed by atoms with Gasteiger partial charge in [0.05, 0.1) is 12.5 Å². The Morgan fingerprint density at radius 2 is 2.08 bits per heavy atom. The van der Waals surface area contributed by atoms with Gasteiger partial charge in [0.1, 0.15) is 5.75 Å². The van der Waals surface area contributed by atoms with Crippen molar-refractivity contribution in [1.82, 2.24) is 10.6 Å². The molecule has 2 amide bonds. The molecule has 4 atom stereocenters. The Kier molecular flexibility index (Phi) is 4.59. The molecular weight excluding hydrogens is 340 g/mol. The summed E-state index contributed by atoms with van der Waals surface area (Å²) >= 11 is 6.11. The third-order valence-corrected chi connectivity index (χ3v) is 6.06. The lowest BCUT2D eigenvalue weighted by molar-refractivity contribution is -0.133. The summed E-state index contributed by atoms with van der Waals surface area (Å²) in [5, 5.41) is 6.80. The van der Waals surface area contributed by atoms with Crippen LogP contribution in [0.4, 0.5) is 0 Å². The maximum atomic E-state index is 13.0. The van der Waals surface area contributed by atoms with Crippen LogP contribution in [0.25, 0.3) is 0 Å². The topological polar surface area (TPSA) is 67.4 Å². The van der Waals surface area contributed by atoms with Crippen molar-refractivity contribution in [2.24, 2.45) is 11.8 Å². The Bertz CT molecular complexity index is 693. The standard InChI is InChI=1S/C19H23ClN2O3/c20-11-5-6-17-15(9-11)14(7-8-25-17)19(24)22-16-10-21-18(23)13-4-2-1-3-12(13)16/h5-6,9,12-14,16H,1-4,7-8,10H2,(H,21,23)(H,22,24). The van der Waals surface area contributed by atoms with Crippen molar-refractivity contribution in [3.63, 3.8) is 0 Å². The Morgan fingerprint density at radius 1 is 1.24 bits per heavy atom. The van der Waals surface area contributed by atoms with Crippen molar-refractivity contribution in [2.75, 3.05) is 13.2 Å². The molecule has 3 aliphatic rings. The van der Waals surface area contributed by atoms with Crippen LogP contribution < -0.4 is 15.4 Å². The number of halogens is 1. The summed E-state index contributed by atoms with van der Waals surface area (Å²) in [6.45, 7) is 1.05. The van der Waals surface area contributed by atoms with E-state index in [-0.39, 0.29) is 35.6 Å². The molecule has 5 nitrogen and oxygen atoms in total. The van der Waals surface area contributed by atoms with E-state index in [4.69, 9.17) is 16.3 Å². The van der Waals surface area contributed by atoms with Crippen LogP contribution in [0.3, 0.4) is 0 Å². The highest BCUT2D eigenvalue weighted by Crippen LogP contribution is 2.37. The van der Waals surface area contributed by atoms with Crippen molar-refractivity contribution in [3.05, 3.63) is 28.8 Å². The first kappa shape index (κ1) is 16.7. The van der Waals surface area contributed by atoms with Gasteiger partial charge < -0.3 is 15.4 Å². The van der Waals surface area contributed by atoms with Crippen molar-refractivity contribution >= 4 is 23.4 Å². The van der Waals surface area contributed by atoms with E-state index >= 15 is 0 Å². The molecule has 0 spiro atoms. The molecule has 2 fully saturated rings. The van der Waals surface area contributed by atoms with E-state index in [0.717, 1.165) is 37.0 Å². The first-order valence-corrected chi connectivity index (χ1v) is 9.51. The number of hydrogen-bond donors (Lipinski definition) is 2. The highest BCUT2D eigenvalue weighted by molar-refractivity contribution is 6.30. The largest absolute Gasteiger partial charge is 0.493 e. The molecule has 0 bridgehead atoms. The summed E-state index contributed by atoms with van der Waals surface area (Å²) in [6, 6.07) is 5.45. The molecule has 1 saturated carbocycles. The maximum Gasteiger partial charge on any atom is 0.228 e. The second-order valence-corrected chi connectivity index (χ2v) is 7.72. The Hall–Kier alpha value is -1.75. The highest BCUT2D eigenvalue weighted by Gasteiger charge is 2.41. The van der Waals surface area contributed by atoms with E-state index in [1.165, 1.54) is 0 Å². The number of hydrogen-bond acceptors (Lipinski definition) is 3. The zero-order chi connectivity index (χ0) is 17.4. The molecule has 1 saturated heterocycles. The van der Waals surface area contributed by atoms with Gasteiger partial charge in [0.15, 0.2) is 0 Å². The quantitative estimate of drug-likeness (QED) is 0.849. The second kappa shape index (κ2) is 6.87. The molecule has 1 aliphatic carbocycles. The second-order valence-electron chi connectivity index (χ2n) is 7.29. The fraction of sp³-hybridized carbons (Fsp3) is 0.579. The number of rotatable bonds is 2. The summed E-state index contributed by atoms with van der Waals surface area (Å²) in [6.07, 6.45) is 4.82. The minimum atomic E-state index is -0.248. The average Bonchev–Trinajstić information content (AvgIpc) is 2.63. The van der Waals surface area contributed by atoms with E-state index in [1.807, 2.05) is 12.1 Å². The number of nitrogens with one attached hydrogen (secondary N) is 2. The van der Waals surface area contributed by atoms with Crippen molar-refractivity contribution in [2.45, 2.75) is 44.1 Å². The van der Waals surface area contributed by atoms with Gasteiger partial charge in [-0.25, -0.2) is 0 Å². The number of benzene rings is 1. The Balaban J connectivity index is 1.51. The van der Waals surface area contributed by atoms with E-state index in [2.05, 4.69) is 10.6 Å². The molecule has 6 heteroatoms. The molecule has 0 aromatic heterocycles. The molecule has 2 aliphatic heterocycles. The Labute approximate surface area is 152 Å². The average molecular weight is 363 g/mol. The number of piperidine rings is 1. The fourth-order valence-electron chi connectivity index (χ4n) is 4.54. The minimum absolute atomic E-state index is 0.0114. The van der Waals surface area contributed by atoms with Crippen LogP contribution >= 0.6 is 11.6 Å². The molecule has 4 rings (SSSR count). The Morgan fingerprint density at radius 3 is 2.96 bits per heavy atom. The predicted molar refractivity (Wildman–Crippen MR) is 94.7 cm³/mol. The smallest absolute Gasteiger partial charge is 0.228 e. The van der Waals surface area contributed by atoms with Gasteiger partial charge >= 0.3 is 0 Å². The van der Waals surface area contributed by atoms with Gasteiger partial charge in [-0.2, -0.15) is 0 Å². The van der Waals surface area contributed by atoms with E-state index < -0.39 is 0 Å². The first-order chi connectivity index (χ1) is 12.1. The molecule has 134 valence electrons. The number of carbonyl (C=O) groups is 2. The van der Waals surface area contributed by atoms with Crippen LogP contribution in [0.15, 0.2) is 18.2 Å². The normalized spacial score (nSPS) is 31.2. The van der Waals surface area contributed by atoms with E-state index in [0.29, 0.717) is 24.6 Å². The van der Waals surface area contributed by atoms with E-state index in [1.54, 1.807) is 6.07 Å². The van der Waals surface area contributed by atoms with Gasteiger partial charge in [-0.1, -0.05) is 24.4 Å². The zero-order valence-electron chi connectivity index (χ0n) is 14.1. The molecule has 2 N–H and O–H groups in total. The van der Waals surface area contributed by atoms with Gasteiger partial charge in [-0.3, -0.25) is 9.59 Å². The van der Waals surface area contributed by atoms with Crippen LogP contribution in [0.5, 0.6) is 5.75 Å². The lowest BCUT2D eigenvalue weighted by atomic mass is 9.72. The number of carbonyl (C=O) groups excluding carboxylic acids is 2. The monoisotopic (exact) mass is 362 g/mol. The molecule has 2 heterocycles. The minimum Gasteiger partial charge on any atom is -0.493 e. The van der Waals surface area contributed by atoms with Crippen LogP contribution in [0.1, 0.15) is 43.6 Å². The molecule has 25 heavy (non-hydrogen) atoms. The van der Waals surface area contributed by atoms with E-state index in [9.17, 15) is 9.59 Å². The van der Waals surface area contributed by atoms with Crippen molar-refractivity contribution in [3.8, 4) is 5.75 Å². The SMILES string of the molecule is O=C(NC1CNC(=O)C2CCCCC12)C1CCOc2ccc(Cl)cc21. The van der Waals surface area contributed by atoms with Gasteiger partial charge in [0.25, 0.3) is 0 Å². The van der Waals surface area contributed by atoms with Crippen molar-refractivity contribution in [1.29, 1.82) is 0 Å². The third kappa shape index (κ3) is 3.22. The van der Waals surface area contributed by atoms with Crippen LogP contribution in [0, 0.1) is 11.8 Å². The van der Waals surface area contributed by atoms with Gasteiger partial charge in [-0.05, 0) is 43.4 Å². The van der Waals surface area contributed by atoms with Gasteiger partial charge in [0.2, 0.25) is 11.8 Å². The maximum absolute atomic E-state index is 13.0. The van der Waals surface area contributed by atoms with Crippen LogP contribution in [-0.4, -0.2) is 31.0 Å². The molecule has 1 aromatic rings. The molecule has 4 unspecified atom stereocenters. The zero-order valence-corrected chi connectivity index (χ0v) is 14.8. The highest BCUT2D eigenvalue weighted by atomic mass is 35.5.